The first kappa shape index (κ1) is 18.7. The first-order chi connectivity index (χ1) is 13.7. The van der Waals surface area contributed by atoms with Gasteiger partial charge in [-0.2, -0.15) is 0 Å². The van der Waals surface area contributed by atoms with Gasteiger partial charge in [0.1, 0.15) is 5.52 Å². The summed E-state index contributed by atoms with van der Waals surface area (Å²) in [6, 6.07) is 6.20. The van der Waals surface area contributed by atoms with Gasteiger partial charge in [-0.15, -0.1) is 0 Å². The fraction of sp³-hybridized carbons (Fsp3) is 0.550. The monoisotopic (exact) mass is 384 g/mol. The van der Waals surface area contributed by atoms with E-state index >= 15 is 0 Å². The van der Waals surface area contributed by atoms with E-state index in [1.807, 2.05) is 17.0 Å². The van der Waals surface area contributed by atoms with Crippen LogP contribution in [0.2, 0.25) is 0 Å². The Labute approximate surface area is 164 Å². The number of piperazine rings is 1. The maximum absolute atomic E-state index is 12.7. The number of hydrogen-bond donors (Lipinski definition) is 2. The molecule has 0 unspecified atom stereocenters. The van der Waals surface area contributed by atoms with Gasteiger partial charge in [-0.05, 0) is 25.0 Å². The van der Waals surface area contributed by atoms with E-state index in [0.717, 1.165) is 55.7 Å². The second-order valence-corrected chi connectivity index (χ2v) is 7.61. The molecular weight excluding hydrogens is 356 g/mol. The lowest BCUT2D eigenvalue weighted by atomic mass is 9.96. The lowest BCUT2D eigenvalue weighted by Crippen LogP contribution is -2.51. The molecule has 2 aliphatic rings. The molecule has 1 aromatic carbocycles. The van der Waals surface area contributed by atoms with Crippen LogP contribution in [-0.4, -0.2) is 84.4 Å². The van der Waals surface area contributed by atoms with Crippen LogP contribution in [0.3, 0.4) is 0 Å². The fourth-order valence-electron chi connectivity index (χ4n) is 4.24. The SMILES string of the molecule is CNC(=O)C1CCN(C(=O)CN2CCN(c3cccc4[nH]cnc34)CC2)CC1. The normalized spacial score (nSPS) is 19.2. The van der Waals surface area contributed by atoms with Gasteiger partial charge in [-0.1, -0.05) is 6.07 Å². The summed E-state index contributed by atoms with van der Waals surface area (Å²) >= 11 is 0. The van der Waals surface area contributed by atoms with E-state index in [1.54, 1.807) is 13.4 Å². The standard InChI is InChI=1S/C20H28N6O2/c1-21-20(28)15-5-7-26(8-6-15)18(27)13-24-9-11-25(12-10-24)17-4-2-3-16-19(17)23-14-22-16/h2-4,14-15H,5-13H2,1H3,(H,21,28)(H,22,23). The van der Waals surface area contributed by atoms with Crippen molar-refractivity contribution >= 4 is 28.5 Å². The Balaban J connectivity index is 1.27. The maximum atomic E-state index is 12.7. The Kier molecular flexibility index (Phi) is 5.47. The number of hydrogen-bond acceptors (Lipinski definition) is 5. The van der Waals surface area contributed by atoms with Crippen LogP contribution in [0.15, 0.2) is 24.5 Å². The molecule has 0 radical (unpaired) electrons. The fourth-order valence-corrected chi connectivity index (χ4v) is 4.24. The van der Waals surface area contributed by atoms with Crippen molar-refractivity contribution in [1.29, 1.82) is 0 Å². The number of fused-ring (bicyclic) bond motifs is 1. The number of nitrogens with zero attached hydrogens (tertiary/aromatic N) is 4. The van der Waals surface area contributed by atoms with Gasteiger partial charge in [0.25, 0.3) is 0 Å². The number of anilines is 1. The molecule has 150 valence electrons. The Hall–Kier alpha value is -2.61. The number of carbonyl (C=O) groups is 2. The highest BCUT2D eigenvalue weighted by Gasteiger charge is 2.28. The summed E-state index contributed by atoms with van der Waals surface area (Å²) in [5.74, 6) is 0.315. The third-order valence-corrected chi connectivity index (χ3v) is 5.97. The second kappa shape index (κ2) is 8.18. The summed E-state index contributed by atoms with van der Waals surface area (Å²) in [6.45, 7) is 5.32. The van der Waals surface area contributed by atoms with Crippen molar-refractivity contribution in [2.24, 2.45) is 5.92 Å². The van der Waals surface area contributed by atoms with Crippen LogP contribution in [0.4, 0.5) is 5.69 Å². The van der Waals surface area contributed by atoms with Crippen molar-refractivity contribution in [3.05, 3.63) is 24.5 Å². The van der Waals surface area contributed by atoms with E-state index in [1.165, 1.54) is 0 Å². The number of imidazole rings is 1. The van der Waals surface area contributed by atoms with E-state index in [9.17, 15) is 9.59 Å². The number of amides is 2. The summed E-state index contributed by atoms with van der Waals surface area (Å²) in [7, 11) is 1.67. The van der Waals surface area contributed by atoms with Gasteiger partial charge in [0.15, 0.2) is 0 Å². The molecule has 4 rings (SSSR count). The van der Waals surface area contributed by atoms with Crippen molar-refractivity contribution in [2.75, 3.05) is 57.8 Å². The van der Waals surface area contributed by atoms with E-state index in [-0.39, 0.29) is 17.7 Å². The zero-order chi connectivity index (χ0) is 19.5. The van der Waals surface area contributed by atoms with Gasteiger partial charge in [-0.3, -0.25) is 14.5 Å². The molecule has 1 aromatic heterocycles. The molecule has 2 amide bonds. The van der Waals surface area contributed by atoms with Gasteiger partial charge >= 0.3 is 0 Å². The lowest BCUT2D eigenvalue weighted by molar-refractivity contribution is -0.136. The summed E-state index contributed by atoms with van der Waals surface area (Å²) in [5.41, 5.74) is 3.21. The van der Waals surface area contributed by atoms with Crippen LogP contribution >= 0.6 is 0 Å². The second-order valence-electron chi connectivity index (χ2n) is 7.61. The molecule has 28 heavy (non-hydrogen) atoms. The van der Waals surface area contributed by atoms with Crippen LogP contribution in [0.25, 0.3) is 11.0 Å². The van der Waals surface area contributed by atoms with E-state index in [2.05, 4.69) is 31.2 Å². The third-order valence-electron chi connectivity index (χ3n) is 5.97. The number of aromatic amines is 1. The molecule has 8 heteroatoms. The number of benzene rings is 1. The molecule has 8 nitrogen and oxygen atoms in total. The molecule has 3 heterocycles. The first-order valence-electron chi connectivity index (χ1n) is 10.0. The predicted molar refractivity (Wildman–Crippen MR) is 108 cm³/mol. The molecule has 2 fully saturated rings. The summed E-state index contributed by atoms with van der Waals surface area (Å²) in [5, 5.41) is 2.71. The Morgan fingerprint density at radius 1 is 1.14 bits per heavy atom. The lowest BCUT2D eigenvalue weighted by Gasteiger charge is -2.37. The van der Waals surface area contributed by atoms with E-state index < -0.39 is 0 Å². The summed E-state index contributed by atoms with van der Waals surface area (Å²) in [4.78, 5) is 38.5. The van der Waals surface area contributed by atoms with Gasteiger partial charge in [0.2, 0.25) is 11.8 Å². The number of para-hydroxylation sites is 1. The molecule has 0 bridgehead atoms. The van der Waals surface area contributed by atoms with Crippen LogP contribution in [0.5, 0.6) is 0 Å². The quantitative estimate of drug-likeness (QED) is 0.809. The maximum Gasteiger partial charge on any atom is 0.236 e. The van der Waals surface area contributed by atoms with Crippen molar-refractivity contribution in [3.8, 4) is 0 Å². The Bertz CT molecular complexity index is 834. The highest BCUT2D eigenvalue weighted by Crippen LogP contribution is 2.25. The van der Waals surface area contributed by atoms with Crippen LogP contribution in [-0.2, 0) is 9.59 Å². The van der Waals surface area contributed by atoms with Crippen molar-refractivity contribution in [2.45, 2.75) is 12.8 Å². The Morgan fingerprint density at radius 2 is 1.89 bits per heavy atom. The average Bonchev–Trinajstić information content (AvgIpc) is 3.23. The molecule has 0 spiro atoms. The summed E-state index contributed by atoms with van der Waals surface area (Å²) in [6.07, 6.45) is 3.25. The number of aromatic nitrogens is 2. The number of H-pyrrole nitrogens is 1. The minimum atomic E-state index is 0.0438. The van der Waals surface area contributed by atoms with Crippen molar-refractivity contribution < 1.29 is 9.59 Å². The molecule has 0 saturated carbocycles. The molecular formula is C20H28N6O2. The average molecular weight is 384 g/mol. The van der Waals surface area contributed by atoms with Gasteiger partial charge < -0.3 is 20.1 Å². The van der Waals surface area contributed by atoms with E-state index in [0.29, 0.717) is 19.6 Å². The molecule has 0 aliphatic carbocycles. The van der Waals surface area contributed by atoms with Crippen LogP contribution in [0, 0.1) is 5.92 Å². The number of likely N-dealkylation sites (tertiary alicyclic amines) is 1. The third kappa shape index (κ3) is 3.82. The molecule has 2 saturated heterocycles. The first-order valence-corrected chi connectivity index (χ1v) is 10.0. The highest BCUT2D eigenvalue weighted by molar-refractivity contribution is 5.88. The Morgan fingerprint density at radius 3 is 2.61 bits per heavy atom. The zero-order valence-corrected chi connectivity index (χ0v) is 16.4. The molecule has 0 atom stereocenters. The minimum Gasteiger partial charge on any atom is -0.367 e. The summed E-state index contributed by atoms with van der Waals surface area (Å²) < 4.78 is 0. The van der Waals surface area contributed by atoms with Gasteiger partial charge in [0.05, 0.1) is 24.1 Å². The molecule has 2 N–H and O–H groups in total. The van der Waals surface area contributed by atoms with E-state index in [4.69, 9.17) is 0 Å². The smallest absolute Gasteiger partial charge is 0.236 e. The molecule has 2 aromatic rings. The van der Waals surface area contributed by atoms with Gasteiger partial charge in [0, 0.05) is 52.2 Å². The van der Waals surface area contributed by atoms with Crippen molar-refractivity contribution in [1.82, 2.24) is 25.1 Å². The number of carbonyl (C=O) groups excluding carboxylic acids is 2. The van der Waals surface area contributed by atoms with Crippen molar-refractivity contribution in [3.63, 3.8) is 0 Å². The van der Waals surface area contributed by atoms with Crippen LogP contribution < -0.4 is 10.2 Å². The van der Waals surface area contributed by atoms with Gasteiger partial charge in [-0.25, -0.2) is 4.98 Å². The number of piperidine rings is 1. The number of rotatable bonds is 4. The number of nitrogens with one attached hydrogen (secondary N) is 2. The largest absolute Gasteiger partial charge is 0.367 e. The minimum absolute atomic E-state index is 0.0438. The molecule has 2 aliphatic heterocycles. The highest BCUT2D eigenvalue weighted by atomic mass is 16.2. The predicted octanol–water partition coefficient (Wildman–Crippen LogP) is 0.670. The van der Waals surface area contributed by atoms with Crippen LogP contribution in [0.1, 0.15) is 12.8 Å². The zero-order valence-electron chi connectivity index (χ0n) is 16.4. The topological polar surface area (TPSA) is 84.6 Å².